The fraction of sp³-hybridized carbons (Fsp3) is 0.167. The van der Waals surface area contributed by atoms with Crippen LogP contribution in [0.3, 0.4) is 0 Å². The summed E-state index contributed by atoms with van der Waals surface area (Å²) in [5.41, 5.74) is 0.815. The summed E-state index contributed by atoms with van der Waals surface area (Å²) >= 11 is 0. The molecule has 0 aliphatic heterocycles. The molecule has 4 rings (SSSR count). The topological polar surface area (TPSA) is 167 Å². The van der Waals surface area contributed by atoms with Gasteiger partial charge in [-0.05, 0) is 24.3 Å². The number of Topliss-reactive ketones (excluding diaryl/α,β-unsaturated/α-hetero) is 2. The van der Waals surface area contributed by atoms with Gasteiger partial charge in [-0.2, -0.15) is 0 Å². The maximum Gasteiger partial charge on any atom is 2.00 e. The number of ether oxygens (including phenoxy) is 2. The molecule has 0 saturated carbocycles. The number of benzene rings is 4. The molecule has 0 aliphatic carbocycles. The second-order valence-corrected chi connectivity index (χ2v) is 8.88. The van der Waals surface area contributed by atoms with E-state index in [0.29, 0.717) is 0 Å². The van der Waals surface area contributed by atoms with Crippen molar-refractivity contribution >= 4 is 35.4 Å². The molecule has 0 bridgehead atoms. The number of ketones is 2. The number of rotatable bonds is 8. The molecule has 0 unspecified atom stereocenters. The van der Waals surface area contributed by atoms with E-state index in [4.69, 9.17) is 0 Å². The van der Waals surface area contributed by atoms with Gasteiger partial charge < -0.3 is 19.7 Å². The van der Waals surface area contributed by atoms with E-state index in [1.807, 2.05) is 13.8 Å². The Morgan fingerprint density at radius 2 is 0.660 bits per heavy atom. The number of hydrogen-bond donors (Lipinski definition) is 0. The van der Waals surface area contributed by atoms with Crippen LogP contribution in [-0.4, -0.2) is 48.7 Å². The van der Waals surface area contributed by atoms with E-state index in [1.54, 1.807) is 72.8 Å². The first-order valence-corrected chi connectivity index (χ1v) is 14.2. The van der Waals surface area contributed by atoms with E-state index in [1.165, 1.54) is 48.5 Å². The van der Waals surface area contributed by atoms with E-state index in [0.717, 1.165) is 12.8 Å². The van der Waals surface area contributed by atoms with Gasteiger partial charge in [-0.15, -0.1) is 13.2 Å². The molecular formula is C36H34O10Zr. The molecule has 0 amide bonds. The van der Waals surface area contributed by atoms with E-state index in [2.05, 4.69) is 9.47 Å². The minimum atomic E-state index is -1.18. The third-order valence-corrected chi connectivity index (χ3v) is 5.24. The van der Waals surface area contributed by atoms with Gasteiger partial charge in [0.15, 0.2) is 0 Å². The van der Waals surface area contributed by atoms with Crippen LogP contribution in [0.1, 0.15) is 68.1 Å². The number of carbonyl (C=O) groups excluding carboxylic acids is 6. The first-order valence-electron chi connectivity index (χ1n) is 14.2. The predicted molar refractivity (Wildman–Crippen MR) is 166 cm³/mol. The molecule has 0 atom stereocenters. The zero-order chi connectivity index (χ0) is 34.2. The van der Waals surface area contributed by atoms with E-state index in [-0.39, 0.29) is 61.7 Å². The smallest absolute Gasteiger partial charge is 0.854 e. The van der Waals surface area contributed by atoms with Crippen molar-refractivity contribution in [2.75, 3.05) is 13.2 Å². The Bertz CT molecular complexity index is 1390. The van der Waals surface area contributed by atoms with Gasteiger partial charge in [-0.3, -0.25) is 9.59 Å². The molecule has 10 nitrogen and oxygen atoms in total. The van der Waals surface area contributed by atoms with Crippen molar-refractivity contribution < 1.29 is 74.7 Å². The molecule has 0 spiro atoms. The molecule has 0 aliphatic rings. The van der Waals surface area contributed by atoms with Crippen molar-refractivity contribution in [2.45, 2.75) is 26.7 Å². The van der Waals surface area contributed by atoms with Crippen molar-refractivity contribution in [2.24, 2.45) is 0 Å². The maximum absolute atomic E-state index is 11.7. The molecule has 11 heteroatoms. The van der Waals surface area contributed by atoms with Crippen molar-refractivity contribution in [3.8, 4) is 0 Å². The van der Waals surface area contributed by atoms with Crippen LogP contribution in [0.15, 0.2) is 121 Å². The molecule has 0 radical (unpaired) electrons. The standard InChI is InChI=1S/2C15H10O4.2C3H7O.Zr/c2*16-13(11-7-3-1-4-8-11)15(18)19-14(17)12-9-5-2-6-10-12;2*1-2-3-4;/h2*1-10H;2*2-3H2,1H3;/q;;2*-1;+2. The van der Waals surface area contributed by atoms with Crippen LogP contribution in [0.2, 0.25) is 0 Å². The molecule has 242 valence electrons. The Balaban J connectivity index is 0.000000721. The summed E-state index contributed by atoms with van der Waals surface area (Å²) in [6.45, 7) is 3.88. The van der Waals surface area contributed by atoms with Gasteiger partial charge >= 0.3 is 50.1 Å². The van der Waals surface area contributed by atoms with Crippen LogP contribution >= 0.6 is 0 Å². The third-order valence-electron chi connectivity index (χ3n) is 5.24. The molecule has 4 aromatic carbocycles. The molecule has 47 heavy (non-hydrogen) atoms. The van der Waals surface area contributed by atoms with Gasteiger partial charge in [-0.25, -0.2) is 19.2 Å². The average Bonchev–Trinajstić information content (AvgIpc) is 3.12. The van der Waals surface area contributed by atoms with Crippen molar-refractivity contribution in [1.29, 1.82) is 0 Å². The Morgan fingerprint density at radius 3 is 0.872 bits per heavy atom. The number of hydrogen-bond acceptors (Lipinski definition) is 10. The Kier molecular flexibility index (Phi) is 22.9. The van der Waals surface area contributed by atoms with Gasteiger partial charge in [0.2, 0.25) is 0 Å². The van der Waals surface area contributed by atoms with Crippen LogP contribution < -0.4 is 10.2 Å². The molecule has 0 fully saturated rings. The second-order valence-electron chi connectivity index (χ2n) is 8.88. The van der Waals surface area contributed by atoms with Crippen LogP contribution in [0, 0.1) is 0 Å². The predicted octanol–water partition coefficient (Wildman–Crippen LogP) is 4.02. The van der Waals surface area contributed by atoms with Gasteiger partial charge in [0.1, 0.15) is 0 Å². The maximum atomic E-state index is 11.7. The summed E-state index contributed by atoms with van der Waals surface area (Å²) in [6, 6.07) is 31.9. The molecule has 0 aromatic heterocycles. The summed E-state index contributed by atoms with van der Waals surface area (Å²) in [6.07, 6.45) is 1.53. The van der Waals surface area contributed by atoms with Crippen LogP contribution in [-0.2, 0) is 45.3 Å². The Labute approximate surface area is 292 Å². The molecule has 0 heterocycles. The van der Waals surface area contributed by atoms with E-state index >= 15 is 0 Å². The first-order chi connectivity index (χ1) is 22.2. The summed E-state index contributed by atoms with van der Waals surface area (Å²) in [5, 5.41) is 18.6. The largest absolute Gasteiger partial charge is 2.00 e. The average molecular weight is 718 g/mol. The van der Waals surface area contributed by atoms with Crippen LogP contribution in [0.4, 0.5) is 0 Å². The summed E-state index contributed by atoms with van der Waals surface area (Å²) in [4.78, 5) is 69.6. The zero-order valence-corrected chi connectivity index (χ0v) is 28.4. The SMILES string of the molecule is CCC[O-].CCC[O-].O=C(OC(=O)c1ccccc1)C(=O)c1ccccc1.O=C(OC(=O)c1ccccc1)C(=O)c1ccccc1.[Zr+2]. The zero-order valence-electron chi connectivity index (χ0n) is 26.0. The van der Waals surface area contributed by atoms with Crippen LogP contribution in [0.5, 0.6) is 0 Å². The summed E-state index contributed by atoms with van der Waals surface area (Å²) in [5.74, 6) is -5.72. The van der Waals surface area contributed by atoms with Gasteiger partial charge in [0, 0.05) is 11.1 Å². The quantitative estimate of drug-likeness (QED) is 0.112. The summed E-state index contributed by atoms with van der Waals surface area (Å²) < 4.78 is 9.05. The fourth-order valence-corrected chi connectivity index (χ4v) is 2.94. The molecule has 0 saturated heterocycles. The normalized spacial score (nSPS) is 9.11. The molecular weight excluding hydrogens is 684 g/mol. The minimum absolute atomic E-state index is 0. The van der Waals surface area contributed by atoms with E-state index in [9.17, 15) is 39.0 Å². The van der Waals surface area contributed by atoms with Crippen LogP contribution in [0.25, 0.3) is 0 Å². The van der Waals surface area contributed by atoms with E-state index < -0.39 is 35.4 Å². The Hall–Kier alpha value is -4.70. The summed E-state index contributed by atoms with van der Waals surface area (Å²) in [7, 11) is 0. The first kappa shape index (κ1) is 42.3. The van der Waals surface area contributed by atoms with Gasteiger partial charge in [-0.1, -0.05) is 124 Å². The van der Waals surface area contributed by atoms with Crippen molar-refractivity contribution in [3.63, 3.8) is 0 Å². The Morgan fingerprint density at radius 1 is 0.447 bits per heavy atom. The monoisotopic (exact) mass is 716 g/mol. The van der Waals surface area contributed by atoms with Gasteiger partial charge in [0.05, 0.1) is 11.1 Å². The molecule has 4 aromatic rings. The van der Waals surface area contributed by atoms with Gasteiger partial charge in [0.25, 0.3) is 11.6 Å². The number of carbonyl (C=O) groups is 6. The minimum Gasteiger partial charge on any atom is -0.854 e. The number of esters is 4. The third kappa shape index (κ3) is 17.0. The second kappa shape index (κ2) is 25.5. The fourth-order valence-electron chi connectivity index (χ4n) is 2.94. The molecule has 0 N–H and O–H groups in total. The van der Waals surface area contributed by atoms with Crippen molar-refractivity contribution in [3.05, 3.63) is 144 Å². The van der Waals surface area contributed by atoms with Crippen molar-refractivity contribution in [1.82, 2.24) is 0 Å².